The zero-order valence-corrected chi connectivity index (χ0v) is 10.9. The van der Waals surface area contributed by atoms with Gasteiger partial charge >= 0.3 is 0 Å². The number of hydrogen-bond acceptors (Lipinski definition) is 4. The number of aromatic nitrogens is 3. The normalized spacial score (nSPS) is 11.3. The lowest BCUT2D eigenvalue weighted by atomic mass is 10.2. The summed E-state index contributed by atoms with van der Waals surface area (Å²) < 4.78 is 12.5. The smallest absolute Gasteiger partial charge is 0.213 e. The first-order valence-electron chi connectivity index (χ1n) is 6.23. The molecule has 2 aromatic heterocycles. The summed E-state index contributed by atoms with van der Waals surface area (Å²) in [4.78, 5) is 4.03. The van der Waals surface area contributed by atoms with Gasteiger partial charge in [-0.05, 0) is 38.1 Å². The fourth-order valence-corrected chi connectivity index (χ4v) is 2.08. The van der Waals surface area contributed by atoms with Gasteiger partial charge in [0.05, 0.1) is 12.6 Å². The Morgan fingerprint density at radius 3 is 2.95 bits per heavy atom. The highest BCUT2D eigenvalue weighted by Gasteiger charge is 2.06. The molecule has 0 saturated carbocycles. The molecule has 0 spiro atoms. The fraction of sp³-hybridized carbons (Fsp3) is 0.286. The number of fused-ring (bicyclic) bond motifs is 1. The SMILES string of the molecule is CC(C)Oc1ccc2c(ccn2Cc2ncon2)c1. The molecule has 5 nitrogen and oxygen atoms in total. The second-order valence-electron chi connectivity index (χ2n) is 4.68. The fourth-order valence-electron chi connectivity index (χ4n) is 2.08. The average molecular weight is 257 g/mol. The molecular weight excluding hydrogens is 242 g/mol. The minimum Gasteiger partial charge on any atom is -0.491 e. The third kappa shape index (κ3) is 2.45. The van der Waals surface area contributed by atoms with E-state index < -0.39 is 0 Å². The van der Waals surface area contributed by atoms with Crippen LogP contribution < -0.4 is 4.74 Å². The van der Waals surface area contributed by atoms with Crippen molar-refractivity contribution in [2.24, 2.45) is 0 Å². The van der Waals surface area contributed by atoms with Crippen molar-refractivity contribution in [3.8, 4) is 5.75 Å². The molecule has 0 aliphatic carbocycles. The Morgan fingerprint density at radius 1 is 1.32 bits per heavy atom. The van der Waals surface area contributed by atoms with Crippen molar-refractivity contribution in [2.75, 3.05) is 0 Å². The average Bonchev–Trinajstić information content (AvgIpc) is 2.99. The lowest BCUT2D eigenvalue weighted by molar-refractivity contribution is 0.243. The summed E-state index contributed by atoms with van der Waals surface area (Å²) >= 11 is 0. The van der Waals surface area contributed by atoms with E-state index in [1.807, 2.05) is 38.2 Å². The van der Waals surface area contributed by atoms with Crippen molar-refractivity contribution >= 4 is 10.9 Å². The Morgan fingerprint density at radius 2 is 2.21 bits per heavy atom. The van der Waals surface area contributed by atoms with Gasteiger partial charge in [-0.15, -0.1) is 0 Å². The Labute approximate surface area is 110 Å². The number of nitrogens with zero attached hydrogens (tertiary/aromatic N) is 3. The molecule has 3 rings (SSSR count). The maximum atomic E-state index is 5.69. The van der Waals surface area contributed by atoms with E-state index in [1.165, 1.54) is 6.39 Å². The molecular formula is C14H15N3O2. The molecule has 2 heterocycles. The van der Waals surface area contributed by atoms with Crippen LogP contribution in [0.15, 0.2) is 41.4 Å². The molecule has 0 bridgehead atoms. The van der Waals surface area contributed by atoms with Gasteiger partial charge in [0.25, 0.3) is 0 Å². The summed E-state index contributed by atoms with van der Waals surface area (Å²) in [6.45, 7) is 4.64. The third-order valence-electron chi connectivity index (χ3n) is 2.83. The predicted octanol–water partition coefficient (Wildman–Crippen LogP) is 2.86. The van der Waals surface area contributed by atoms with Crippen LogP contribution in [0.2, 0.25) is 0 Å². The number of ether oxygens (including phenoxy) is 1. The van der Waals surface area contributed by atoms with Crippen LogP contribution in [-0.2, 0) is 6.54 Å². The number of rotatable bonds is 4. The summed E-state index contributed by atoms with van der Waals surface area (Å²) in [5, 5.41) is 4.96. The van der Waals surface area contributed by atoms with Gasteiger partial charge in [-0.25, -0.2) is 0 Å². The molecule has 0 unspecified atom stereocenters. The van der Waals surface area contributed by atoms with E-state index in [1.54, 1.807) is 0 Å². The van der Waals surface area contributed by atoms with Crippen LogP contribution in [0.4, 0.5) is 0 Å². The lowest BCUT2D eigenvalue weighted by Gasteiger charge is -2.09. The summed E-state index contributed by atoms with van der Waals surface area (Å²) in [6, 6.07) is 8.13. The third-order valence-corrected chi connectivity index (χ3v) is 2.83. The maximum absolute atomic E-state index is 5.69. The van der Waals surface area contributed by atoms with E-state index in [0.29, 0.717) is 12.4 Å². The van der Waals surface area contributed by atoms with Crippen LogP contribution >= 0.6 is 0 Å². The van der Waals surface area contributed by atoms with Crippen molar-refractivity contribution < 1.29 is 9.26 Å². The molecule has 0 aliphatic rings. The molecule has 0 saturated heterocycles. The molecule has 0 fully saturated rings. The zero-order valence-electron chi connectivity index (χ0n) is 10.9. The molecule has 98 valence electrons. The van der Waals surface area contributed by atoms with Crippen molar-refractivity contribution in [1.29, 1.82) is 0 Å². The van der Waals surface area contributed by atoms with E-state index in [0.717, 1.165) is 16.7 Å². The second-order valence-corrected chi connectivity index (χ2v) is 4.68. The van der Waals surface area contributed by atoms with E-state index >= 15 is 0 Å². The predicted molar refractivity (Wildman–Crippen MR) is 71.1 cm³/mol. The van der Waals surface area contributed by atoms with E-state index in [4.69, 9.17) is 9.26 Å². The molecule has 19 heavy (non-hydrogen) atoms. The maximum Gasteiger partial charge on any atom is 0.213 e. The van der Waals surface area contributed by atoms with E-state index in [2.05, 4.69) is 20.8 Å². The number of hydrogen-bond donors (Lipinski definition) is 0. The molecule has 0 atom stereocenters. The highest BCUT2D eigenvalue weighted by molar-refractivity contribution is 5.81. The van der Waals surface area contributed by atoms with Crippen LogP contribution in [0.5, 0.6) is 5.75 Å². The Balaban J connectivity index is 1.91. The Kier molecular flexibility index (Phi) is 2.95. The minimum atomic E-state index is 0.180. The first kappa shape index (κ1) is 11.8. The molecule has 0 N–H and O–H groups in total. The highest BCUT2D eigenvalue weighted by atomic mass is 16.5. The van der Waals surface area contributed by atoms with Crippen LogP contribution in [0.25, 0.3) is 10.9 Å². The molecule has 3 aromatic rings. The molecule has 0 radical (unpaired) electrons. The van der Waals surface area contributed by atoms with Crippen molar-refractivity contribution in [3.63, 3.8) is 0 Å². The summed E-state index contributed by atoms with van der Waals surface area (Å²) in [6.07, 6.45) is 3.54. The van der Waals surface area contributed by atoms with Gasteiger partial charge in [-0.2, -0.15) is 4.98 Å². The largest absolute Gasteiger partial charge is 0.491 e. The van der Waals surface area contributed by atoms with Gasteiger partial charge in [0, 0.05) is 17.1 Å². The molecule has 0 amide bonds. The summed E-state index contributed by atoms with van der Waals surface area (Å²) in [5.74, 6) is 1.56. The van der Waals surface area contributed by atoms with Gasteiger partial charge < -0.3 is 13.8 Å². The van der Waals surface area contributed by atoms with Crippen LogP contribution in [0, 0.1) is 0 Å². The van der Waals surface area contributed by atoms with Crippen LogP contribution in [-0.4, -0.2) is 20.8 Å². The standard InChI is InChI=1S/C14H15N3O2/c1-10(2)19-12-3-4-13-11(7-12)5-6-17(13)8-14-15-9-18-16-14/h3-7,9-10H,8H2,1-2H3. The van der Waals surface area contributed by atoms with Gasteiger partial charge in [-0.1, -0.05) is 5.16 Å². The second kappa shape index (κ2) is 4.76. The Bertz CT molecular complexity index is 671. The van der Waals surface area contributed by atoms with Gasteiger partial charge in [0.1, 0.15) is 5.75 Å². The highest BCUT2D eigenvalue weighted by Crippen LogP contribution is 2.23. The molecule has 5 heteroatoms. The zero-order chi connectivity index (χ0) is 13.2. The van der Waals surface area contributed by atoms with Crippen molar-refractivity contribution in [1.82, 2.24) is 14.7 Å². The quantitative estimate of drug-likeness (QED) is 0.721. The first-order chi connectivity index (χ1) is 9.22. The minimum absolute atomic E-state index is 0.180. The van der Waals surface area contributed by atoms with Gasteiger partial charge in [-0.3, -0.25) is 0 Å². The first-order valence-corrected chi connectivity index (χ1v) is 6.23. The monoisotopic (exact) mass is 257 g/mol. The number of benzene rings is 1. The van der Waals surface area contributed by atoms with Gasteiger partial charge in [0.2, 0.25) is 6.39 Å². The van der Waals surface area contributed by atoms with E-state index in [9.17, 15) is 0 Å². The lowest BCUT2D eigenvalue weighted by Crippen LogP contribution is -2.05. The van der Waals surface area contributed by atoms with Crippen molar-refractivity contribution in [2.45, 2.75) is 26.5 Å². The summed E-state index contributed by atoms with van der Waals surface area (Å²) in [5.41, 5.74) is 1.13. The van der Waals surface area contributed by atoms with Crippen LogP contribution in [0.3, 0.4) is 0 Å². The molecule has 0 aliphatic heterocycles. The molecule has 1 aromatic carbocycles. The topological polar surface area (TPSA) is 53.1 Å². The van der Waals surface area contributed by atoms with E-state index in [-0.39, 0.29) is 6.10 Å². The summed E-state index contributed by atoms with van der Waals surface area (Å²) in [7, 11) is 0. The van der Waals surface area contributed by atoms with Crippen molar-refractivity contribution in [3.05, 3.63) is 42.7 Å². The Hall–Kier alpha value is -2.30. The van der Waals surface area contributed by atoms with Gasteiger partial charge in [0.15, 0.2) is 5.82 Å². The van der Waals surface area contributed by atoms with Crippen LogP contribution in [0.1, 0.15) is 19.7 Å².